The van der Waals surface area contributed by atoms with E-state index in [1.807, 2.05) is 36.9 Å². The summed E-state index contributed by atoms with van der Waals surface area (Å²) < 4.78 is 11.3. The molecule has 1 aromatic carbocycles. The number of benzene rings is 1. The lowest BCUT2D eigenvalue weighted by Crippen LogP contribution is -2.48. The summed E-state index contributed by atoms with van der Waals surface area (Å²) >= 11 is 0. The molecule has 22 heavy (non-hydrogen) atoms. The molecule has 2 aliphatic heterocycles. The van der Waals surface area contributed by atoms with Crippen LogP contribution in [-0.2, 0) is 9.53 Å². The molecular weight excluding hydrogens is 304 g/mol. The molecule has 6 heteroatoms. The summed E-state index contributed by atoms with van der Waals surface area (Å²) in [5.74, 6) is 0.924. The van der Waals surface area contributed by atoms with E-state index in [1.165, 1.54) is 0 Å². The van der Waals surface area contributed by atoms with Gasteiger partial charge in [-0.3, -0.25) is 4.79 Å². The number of ether oxygens (including phenoxy) is 2. The van der Waals surface area contributed by atoms with E-state index in [0.717, 1.165) is 30.2 Å². The zero-order valence-electron chi connectivity index (χ0n) is 13.0. The Bertz CT molecular complexity index is 532. The third kappa shape index (κ3) is 3.72. The smallest absolute Gasteiger partial charge is 0.228 e. The number of anilines is 1. The fourth-order valence-electron chi connectivity index (χ4n) is 2.86. The summed E-state index contributed by atoms with van der Waals surface area (Å²) in [6.07, 6.45) is 0.471. The molecule has 0 bridgehead atoms. The van der Waals surface area contributed by atoms with Gasteiger partial charge in [0.2, 0.25) is 5.91 Å². The van der Waals surface area contributed by atoms with Crippen LogP contribution in [0, 0.1) is 6.92 Å². The number of carbonyl (C=O) groups is 1. The number of nitrogens with one attached hydrogen (secondary N) is 1. The van der Waals surface area contributed by atoms with E-state index in [0.29, 0.717) is 19.6 Å². The second-order valence-electron chi connectivity index (χ2n) is 5.83. The maximum atomic E-state index is 12.6. The first-order valence-electron chi connectivity index (χ1n) is 7.52. The van der Waals surface area contributed by atoms with Crippen molar-refractivity contribution in [2.24, 2.45) is 0 Å². The van der Waals surface area contributed by atoms with Crippen molar-refractivity contribution in [3.05, 3.63) is 23.8 Å². The Labute approximate surface area is 137 Å². The van der Waals surface area contributed by atoms with Gasteiger partial charge < -0.3 is 19.7 Å². The molecule has 2 heterocycles. The molecule has 1 N–H and O–H groups in total. The number of nitrogens with zero attached hydrogens (tertiary/aromatic N) is 1. The zero-order chi connectivity index (χ0) is 14.8. The summed E-state index contributed by atoms with van der Waals surface area (Å²) in [5, 5.41) is 3.33. The highest BCUT2D eigenvalue weighted by atomic mass is 35.5. The molecule has 3 rings (SSSR count). The van der Waals surface area contributed by atoms with E-state index in [9.17, 15) is 4.79 Å². The zero-order valence-corrected chi connectivity index (χ0v) is 13.8. The highest BCUT2D eigenvalue weighted by Gasteiger charge is 2.29. The Balaban J connectivity index is 0.00000176. The van der Waals surface area contributed by atoms with Gasteiger partial charge >= 0.3 is 0 Å². The molecule has 2 atom stereocenters. The first kappa shape index (κ1) is 17.1. The Kier molecular flexibility index (Phi) is 5.67. The van der Waals surface area contributed by atoms with Crippen LogP contribution in [0.2, 0.25) is 0 Å². The number of halogens is 1. The van der Waals surface area contributed by atoms with Gasteiger partial charge in [-0.1, -0.05) is 6.07 Å². The van der Waals surface area contributed by atoms with Crippen LogP contribution in [0.1, 0.15) is 18.9 Å². The van der Waals surface area contributed by atoms with E-state index >= 15 is 0 Å². The minimum atomic E-state index is 0. The fourth-order valence-corrected chi connectivity index (χ4v) is 2.86. The minimum Gasteiger partial charge on any atom is -0.487 e. The van der Waals surface area contributed by atoms with Gasteiger partial charge in [0.15, 0.2) is 0 Å². The van der Waals surface area contributed by atoms with E-state index in [4.69, 9.17) is 9.47 Å². The van der Waals surface area contributed by atoms with Crippen LogP contribution in [-0.4, -0.2) is 44.4 Å². The van der Waals surface area contributed by atoms with Gasteiger partial charge in [0.05, 0.1) is 25.4 Å². The average Bonchev–Trinajstić information content (AvgIpc) is 2.47. The standard InChI is InChI=1S/C16H22N2O3.ClH/c1-11-3-4-14-15(7-11)21-12(2)9-18(14)16(19)8-13-10-20-6-5-17-13;/h3-4,7,12-13,17H,5-6,8-10H2,1-2H3;1H. The quantitative estimate of drug-likeness (QED) is 0.902. The highest BCUT2D eigenvalue weighted by Crippen LogP contribution is 2.34. The Morgan fingerprint density at radius 1 is 1.45 bits per heavy atom. The highest BCUT2D eigenvalue weighted by molar-refractivity contribution is 5.95. The lowest BCUT2D eigenvalue weighted by Gasteiger charge is -2.35. The van der Waals surface area contributed by atoms with E-state index < -0.39 is 0 Å². The number of carbonyl (C=O) groups excluding carboxylic acids is 1. The van der Waals surface area contributed by atoms with Crippen molar-refractivity contribution in [3.63, 3.8) is 0 Å². The van der Waals surface area contributed by atoms with Crippen molar-refractivity contribution in [3.8, 4) is 5.75 Å². The van der Waals surface area contributed by atoms with Gasteiger partial charge in [-0.2, -0.15) is 0 Å². The number of morpholine rings is 1. The normalized spacial score (nSPS) is 24.0. The summed E-state index contributed by atoms with van der Waals surface area (Å²) in [6, 6.07) is 6.09. The molecule has 1 aromatic rings. The molecule has 0 spiro atoms. The van der Waals surface area contributed by atoms with Crippen molar-refractivity contribution in [2.45, 2.75) is 32.4 Å². The average molecular weight is 327 g/mol. The van der Waals surface area contributed by atoms with Crippen molar-refractivity contribution in [2.75, 3.05) is 31.2 Å². The molecule has 0 radical (unpaired) electrons. The van der Waals surface area contributed by atoms with Crippen molar-refractivity contribution in [1.29, 1.82) is 0 Å². The summed E-state index contributed by atoms with van der Waals surface area (Å²) in [4.78, 5) is 14.5. The van der Waals surface area contributed by atoms with Crippen LogP contribution in [0.4, 0.5) is 5.69 Å². The maximum Gasteiger partial charge on any atom is 0.228 e. The van der Waals surface area contributed by atoms with E-state index in [-0.39, 0.29) is 30.5 Å². The first-order valence-corrected chi connectivity index (χ1v) is 7.52. The maximum absolute atomic E-state index is 12.6. The predicted molar refractivity (Wildman–Crippen MR) is 88.1 cm³/mol. The number of aryl methyl sites for hydroxylation is 1. The number of hydrogen-bond donors (Lipinski definition) is 1. The Morgan fingerprint density at radius 3 is 3.00 bits per heavy atom. The fraction of sp³-hybridized carbons (Fsp3) is 0.562. The molecule has 0 saturated carbocycles. The van der Waals surface area contributed by atoms with Crippen LogP contribution < -0.4 is 15.0 Å². The summed E-state index contributed by atoms with van der Waals surface area (Å²) in [7, 11) is 0. The SMILES string of the molecule is Cc1ccc2c(c1)OC(C)CN2C(=O)CC1COCCN1.Cl. The molecular formula is C16H23ClN2O3. The molecule has 5 nitrogen and oxygen atoms in total. The lowest BCUT2D eigenvalue weighted by atomic mass is 10.1. The van der Waals surface area contributed by atoms with Gasteiger partial charge in [-0.15, -0.1) is 12.4 Å². The monoisotopic (exact) mass is 326 g/mol. The van der Waals surface area contributed by atoms with Crippen LogP contribution in [0.25, 0.3) is 0 Å². The Morgan fingerprint density at radius 2 is 2.27 bits per heavy atom. The predicted octanol–water partition coefficient (Wildman–Crippen LogP) is 1.91. The van der Waals surface area contributed by atoms with Gasteiger partial charge in [-0.05, 0) is 31.5 Å². The minimum absolute atomic E-state index is 0. The molecule has 122 valence electrons. The molecule has 1 amide bonds. The van der Waals surface area contributed by atoms with Crippen molar-refractivity contribution < 1.29 is 14.3 Å². The van der Waals surface area contributed by atoms with Gasteiger partial charge in [0.25, 0.3) is 0 Å². The Hall–Kier alpha value is -1.30. The van der Waals surface area contributed by atoms with Crippen LogP contribution in [0.3, 0.4) is 0 Å². The number of hydrogen-bond acceptors (Lipinski definition) is 4. The van der Waals surface area contributed by atoms with Crippen molar-refractivity contribution in [1.82, 2.24) is 5.32 Å². The molecule has 0 aliphatic carbocycles. The van der Waals surface area contributed by atoms with Crippen LogP contribution in [0.15, 0.2) is 18.2 Å². The lowest BCUT2D eigenvalue weighted by molar-refractivity contribution is -0.120. The molecule has 0 aromatic heterocycles. The number of fused-ring (bicyclic) bond motifs is 1. The molecule has 2 unspecified atom stereocenters. The summed E-state index contributed by atoms with van der Waals surface area (Å²) in [5.41, 5.74) is 2.01. The number of rotatable bonds is 2. The third-order valence-corrected chi connectivity index (χ3v) is 3.89. The van der Waals surface area contributed by atoms with Gasteiger partial charge in [0, 0.05) is 19.0 Å². The van der Waals surface area contributed by atoms with E-state index in [1.54, 1.807) is 0 Å². The largest absolute Gasteiger partial charge is 0.487 e. The molecule has 1 fully saturated rings. The second-order valence-corrected chi connectivity index (χ2v) is 5.83. The van der Waals surface area contributed by atoms with Crippen LogP contribution >= 0.6 is 12.4 Å². The van der Waals surface area contributed by atoms with Gasteiger partial charge in [0.1, 0.15) is 11.9 Å². The number of amides is 1. The second kappa shape index (κ2) is 7.31. The van der Waals surface area contributed by atoms with Crippen molar-refractivity contribution >= 4 is 24.0 Å². The third-order valence-electron chi connectivity index (χ3n) is 3.89. The van der Waals surface area contributed by atoms with Gasteiger partial charge in [-0.25, -0.2) is 0 Å². The molecule has 1 saturated heterocycles. The molecule has 2 aliphatic rings. The first-order chi connectivity index (χ1) is 10.1. The van der Waals surface area contributed by atoms with E-state index in [2.05, 4.69) is 5.32 Å². The topological polar surface area (TPSA) is 50.8 Å². The summed E-state index contributed by atoms with van der Waals surface area (Å²) in [6.45, 7) is 6.76. The van der Waals surface area contributed by atoms with Crippen LogP contribution in [0.5, 0.6) is 5.75 Å².